The fraction of sp³-hybridized carbons (Fsp3) is 0.735. The molecule has 242 valence electrons. The van der Waals surface area contributed by atoms with E-state index in [1.807, 2.05) is 41.5 Å². The van der Waals surface area contributed by atoms with Crippen LogP contribution in [0.5, 0.6) is 0 Å². The largest absolute Gasteiger partial charge is 0.456 e. The molecule has 0 aromatic carbocycles. The predicted molar refractivity (Wildman–Crippen MR) is 167 cm³/mol. The lowest BCUT2D eigenvalue weighted by Crippen LogP contribution is -2.45. The molecule has 0 spiro atoms. The van der Waals surface area contributed by atoms with E-state index in [-0.39, 0.29) is 19.1 Å². The van der Waals surface area contributed by atoms with Crippen LogP contribution in [-0.2, 0) is 38.1 Å². The van der Waals surface area contributed by atoms with E-state index in [9.17, 15) is 14.4 Å². The predicted octanol–water partition coefficient (Wildman–Crippen LogP) is 7.45. The zero-order valence-corrected chi connectivity index (χ0v) is 27.9. The molecule has 0 aliphatic carbocycles. The van der Waals surface area contributed by atoms with Gasteiger partial charge in [0.2, 0.25) is 0 Å². The normalized spacial score (nSPS) is 16.2. The lowest BCUT2D eigenvalue weighted by Gasteiger charge is -2.37. The Kier molecular flexibility index (Phi) is 17.8. The Hall–Kier alpha value is -2.45. The number of esters is 3. The van der Waals surface area contributed by atoms with Crippen molar-refractivity contribution in [2.24, 2.45) is 5.92 Å². The molecule has 3 unspecified atom stereocenters. The van der Waals surface area contributed by atoms with E-state index in [0.29, 0.717) is 62.0 Å². The molecular weight excluding hydrogens is 536 g/mol. The summed E-state index contributed by atoms with van der Waals surface area (Å²) in [5, 5.41) is 0. The molecular formula is C34H58O8. The van der Waals surface area contributed by atoms with Gasteiger partial charge in [0.1, 0.15) is 16.8 Å². The highest BCUT2D eigenvalue weighted by molar-refractivity contribution is 5.88. The van der Waals surface area contributed by atoms with E-state index < -0.39 is 34.7 Å². The smallest absolute Gasteiger partial charge is 0.333 e. The maximum Gasteiger partial charge on any atom is 0.333 e. The van der Waals surface area contributed by atoms with Crippen LogP contribution < -0.4 is 0 Å². The first-order chi connectivity index (χ1) is 19.5. The van der Waals surface area contributed by atoms with Crippen LogP contribution in [0.2, 0.25) is 0 Å². The molecule has 0 saturated carbocycles. The van der Waals surface area contributed by atoms with Crippen LogP contribution in [0.15, 0.2) is 36.5 Å². The quantitative estimate of drug-likeness (QED) is 0.0521. The van der Waals surface area contributed by atoms with Crippen LogP contribution >= 0.6 is 0 Å². The maximum atomic E-state index is 12.6. The topological polar surface area (TPSA) is 97.4 Å². The molecule has 0 amide bonds. The van der Waals surface area contributed by atoms with Crippen molar-refractivity contribution in [2.45, 2.75) is 130 Å². The molecule has 0 aliphatic heterocycles. The minimum atomic E-state index is -0.858. The van der Waals surface area contributed by atoms with Gasteiger partial charge < -0.3 is 23.7 Å². The Labute approximate surface area is 255 Å². The molecule has 42 heavy (non-hydrogen) atoms. The zero-order chi connectivity index (χ0) is 32.6. The Balaban J connectivity index is 5.65. The van der Waals surface area contributed by atoms with Gasteiger partial charge in [0, 0.05) is 35.5 Å². The second-order valence-corrected chi connectivity index (χ2v) is 12.3. The van der Waals surface area contributed by atoms with Gasteiger partial charge in [-0.15, -0.1) is 0 Å². The summed E-state index contributed by atoms with van der Waals surface area (Å²) in [6.07, 6.45) is 5.49. The maximum absolute atomic E-state index is 12.6. The van der Waals surface area contributed by atoms with Gasteiger partial charge in [-0.1, -0.05) is 59.8 Å². The third kappa shape index (κ3) is 14.6. The van der Waals surface area contributed by atoms with Crippen LogP contribution in [0.25, 0.3) is 0 Å². The number of carbonyl (C=O) groups is 3. The summed E-state index contributed by atoms with van der Waals surface area (Å²) in [6, 6.07) is 0. The molecule has 3 atom stereocenters. The number of hydrogen-bond acceptors (Lipinski definition) is 8. The standard InChI is InChI=1S/C34H58O8/c1-13-16-32(10,40-29(35)25(4)5)19-21-38-23-28(34(12,18-15-3)42-31(37)27(8)9)24-39-22-20-33(11,17-14-2)41-30(36)26(6)7/h28H,4,6,8,13-24H2,1-3,5,7,9-12H3. The van der Waals surface area contributed by atoms with Crippen molar-refractivity contribution in [3.63, 3.8) is 0 Å². The summed E-state index contributed by atoms with van der Waals surface area (Å²) in [5.74, 6) is -1.57. The third-order valence-electron chi connectivity index (χ3n) is 7.41. The van der Waals surface area contributed by atoms with Gasteiger partial charge in [-0.3, -0.25) is 0 Å². The molecule has 8 heteroatoms. The van der Waals surface area contributed by atoms with Gasteiger partial charge in [-0.25, -0.2) is 14.4 Å². The summed E-state index contributed by atoms with van der Waals surface area (Å²) in [7, 11) is 0. The average Bonchev–Trinajstić information content (AvgIpc) is 2.87. The molecule has 8 nitrogen and oxygen atoms in total. The van der Waals surface area contributed by atoms with Crippen molar-refractivity contribution < 1.29 is 38.1 Å². The van der Waals surface area contributed by atoms with Crippen molar-refractivity contribution in [3.8, 4) is 0 Å². The van der Waals surface area contributed by atoms with Crippen LogP contribution in [0.1, 0.15) is 114 Å². The van der Waals surface area contributed by atoms with Crippen molar-refractivity contribution in [1.29, 1.82) is 0 Å². The zero-order valence-electron chi connectivity index (χ0n) is 27.9. The van der Waals surface area contributed by atoms with Gasteiger partial charge in [-0.05, 0) is 60.8 Å². The summed E-state index contributed by atoms with van der Waals surface area (Å²) < 4.78 is 29.7. The fourth-order valence-corrected chi connectivity index (χ4v) is 4.70. The lowest BCUT2D eigenvalue weighted by atomic mass is 9.85. The Morgan fingerprint density at radius 1 is 0.571 bits per heavy atom. The monoisotopic (exact) mass is 594 g/mol. The summed E-state index contributed by atoms with van der Waals surface area (Å²) in [4.78, 5) is 37.0. The van der Waals surface area contributed by atoms with Crippen molar-refractivity contribution >= 4 is 17.9 Å². The highest BCUT2D eigenvalue weighted by Gasteiger charge is 2.39. The molecule has 0 bridgehead atoms. The molecule has 0 aliphatic rings. The van der Waals surface area contributed by atoms with Gasteiger partial charge in [0.15, 0.2) is 0 Å². The number of hydrogen-bond donors (Lipinski definition) is 0. The second kappa shape index (κ2) is 19.0. The van der Waals surface area contributed by atoms with Crippen LogP contribution in [0, 0.1) is 5.92 Å². The SMILES string of the molecule is C=C(C)C(=O)OC(C)(CCC)CCOCC(COCCC(C)(CCC)OC(=O)C(=C)C)C(C)(CCC)OC(=O)C(=C)C. The number of ether oxygens (including phenoxy) is 5. The summed E-state index contributed by atoms with van der Waals surface area (Å²) >= 11 is 0. The molecule has 0 aromatic rings. The lowest BCUT2D eigenvalue weighted by molar-refractivity contribution is -0.168. The van der Waals surface area contributed by atoms with Crippen molar-refractivity contribution in [3.05, 3.63) is 36.5 Å². The van der Waals surface area contributed by atoms with Gasteiger partial charge >= 0.3 is 17.9 Å². The average molecular weight is 595 g/mol. The van der Waals surface area contributed by atoms with Crippen molar-refractivity contribution in [1.82, 2.24) is 0 Å². The molecule has 0 saturated heterocycles. The summed E-state index contributed by atoms with van der Waals surface area (Å²) in [6.45, 7) is 29.1. The minimum Gasteiger partial charge on any atom is -0.456 e. The third-order valence-corrected chi connectivity index (χ3v) is 7.41. The van der Waals surface area contributed by atoms with Gasteiger partial charge in [-0.2, -0.15) is 0 Å². The van der Waals surface area contributed by atoms with Gasteiger partial charge in [0.25, 0.3) is 0 Å². The molecule has 0 fully saturated rings. The first kappa shape index (κ1) is 39.5. The highest BCUT2D eigenvalue weighted by Crippen LogP contribution is 2.31. The van der Waals surface area contributed by atoms with Crippen LogP contribution in [0.3, 0.4) is 0 Å². The molecule has 0 heterocycles. The first-order valence-corrected chi connectivity index (χ1v) is 15.3. The van der Waals surface area contributed by atoms with Crippen molar-refractivity contribution in [2.75, 3.05) is 26.4 Å². The van der Waals surface area contributed by atoms with E-state index >= 15 is 0 Å². The van der Waals surface area contributed by atoms with Crippen LogP contribution in [0.4, 0.5) is 0 Å². The fourth-order valence-electron chi connectivity index (χ4n) is 4.70. The number of rotatable bonds is 23. The Morgan fingerprint density at radius 3 is 1.21 bits per heavy atom. The van der Waals surface area contributed by atoms with E-state index in [2.05, 4.69) is 19.7 Å². The molecule has 0 N–H and O–H groups in total. The van der Waals surface area contributed by atoms with E-state index in [1.165, 1.54) is 0 Å². The first-order valence-electron chi connectivity index (χ1n) is 15.3. The number of carbonyl (C=O) groups excluding carboxylic acids is 3. The molecule has 0 aromatic heterocycles. The van der Waals surface area contributed by atoms with E-state index in [4.69, 9.17) is 23.7 Å². The minimum absolute atomic E-state index is 0.271. The second-order valence-electron chi connectivity index (χ2n) is 12.3. The van der Waals surface area contributed by atoms with E-state index in [1.54, 1.807) is 20.8 Å². The van der Waals surface area contributed by atoms with E-state index in [0.717, 1.165) is 19.3 Å². The highest BCUT2D eigenvalue weighted by atomic mass is 16.6. The Bertz CT molecular complexity index is 873. The molecule has 0 rings (SSSR count). The summed E-state index contributed by atoms with van der Waals surface area (Å²) in [5.41, 5.74) is -1.18. The van der Waals surface area contributed by atoms with Crippen LogP contribution in [-0.4, -0.2) is 61.1 Å². The Morgan fingerprint density at radius 2 is 0.905 bits per heavy atom. The molecule has 0 radical (unpaired) electrons. The van der Waals surface area contributed by atoms with Gasteiger partial charge in [0.05, 0.1) is 26.4 Å².